The van der Waals surface area contributed by atoms with Gasteiger partial charge in [0, 0.05) is 6.04 Å². The summed E-state index contributed by atoms with van der Waals surface area (Å²) in [6, 6.07) is 0.474. The van der Waals surface area contributed by atoms with E-state index in [1.807, 2.05) is 0 Å². The lowest BCUT2D eigenvalue weighted by Crippen LogP contribution is -2.29. The number of hydrogen-bond acceptors (Lipinski definition) is 1. The van der Waals surface area contributed by atoms with E-state index in [9.17, 15) is 0 Å². The number of hydrogen-bond donors (Lipinski definition) is 1. The Morgan fingerprint density at radius 1 is 0.842 bits per heavy atom. The molecule has 0 radical (unpaired) electrons. The molecular formula is C18H37N. The Morgan fingerprint density at radius 2 is 1.32 bits per heavy atom. The van der Waals surface area contributed by atoms with Gasteiger partial charge in [-0.3, -0.25) is 0 Å². The summed E-state index contributed by atoms with van der Waals surface area (Å²) in [5.41, 5.74) is 6.27. The predicted octanol–water partition coefficient (Wildman–Crippen LogP) is 5.67. The summed E-state index contributed by atoms with van der Waals surface area (Å²) in [4.78, 5) is 0. The number of unbranched alkanes of at least 4 members (excludes halogenated alkanes) is 9. The lowest BCUT2D eigenvalue weighted by Gasteiger charge is -2.19. The van der Waals surface area contributed by atoms with Crippen LogP contribution in [0.25, 0.3) is 0 Å². The van der Waals surface area contributed by atoms with Crippen LogP contribution in [0.1, 0.15) is 97.3 Å². The van der Waals surface area contributed by atoms with E-state index in [4.69, 9.17) is 5.73 Å². The summed E-state index contributed by atoms with van der Waals surface area (Å²) < 4.78 is 0. The molecule has 1 aliphatic carbocycles. The highest BCUT2D eigenvalue weighted by atomic mass is 14.7. The maximum Gasteiger partial charge on any atom is 0.00671 e. The van der Waals surface area contributed by atoms with Crippen molar-refractivity contribution in [1.82, 2.24) is 0 Å². The summed E-state index contributed by atoms with van der Waals surface area (Å²) in [6.45, 7) is 4.65. The molecule has 0 aliphatic heterocycles. The van der Waals surface area contributed by atoms with Crippen molar-refractivity contribution in [2.45, 2.75) is 103 Å². The van der Waals surface area contributed by atoms with E-state index < -0.39 is 0 Å². The van der Waals surface area contributed by atoms with Gasteiger partial charge in [0.2, 0.25) is 0 Å². The molecule has 0 aromatic carbocycles. The van der Waals surface area contributed by atoms with Crippen molar-refractivity contribution in [3.63, 3.8) is 0 Å². The molecule has 114 valence electrons. The molecule has 0 spiro atoms. The molecule has 1 rings (SSSR count). The Morgan fingerprint density at radius 3 is 1.79 bits per heavy atom. The zero-order chi connectivity index (χ0) is 13.9. The first-order valence-corrected chi connectivity index (χ1v) is 9.01. The predicted molar refractivity (Wildman–Crippen MR) is 86.3 cm³/mol. The normalized spacial score (nSPS) is 18.5. The molecule has 0 aromatic rings. The van der Waals surface area contributed by atoms with Gasteiger partial charge in [0.1, 0.15) is 0 Å². The fourth-order valence-corrected chi connectivity index (χ4v) is 3.10. The maximum atomic E-state index is 6.27. The van der Waals surface area contributed by atoms with E-state index in [0.717, 1.165) is 11.8 Å². The molecule has 2 unspecified atom stereocenters. The number of rotatable bonds is 13. The van der Waals surface area contributed by atoms with Crippen molar-refractivity contribution in [2.24, 2.45) is 17.6 Å². The van der Waals surface area contributed by atoms with E-state index >= 15 is 0 Å². The van der Waals surface area contributed by atoms with Crippen LogP contribution in [0.15, 0.2) is 0 Å². The fourth-order valence-electron chi connectivity index (χ4n) is 3.10. The first kappa shape index (κ1) is 17.0. The average molecular weight is 268 g/mol. The Bertz CT molecular complexity index is 198. The van der Waals surface area contributed by atoms with Gasteiger partial charge in [0.25, 0.3) is 0 Å². The first-order valence-electron chi connectivity index (χ1n) is 9.01. The second-order valence-electron chi connectivity index (χ2n) is 6.83. The van der Waals surface area contributed by atoms with Crippen molar-refractivity contribution in [3.05, 3.63) is 0 Å². The molecule has 1 aliphatic rings. The molecule has 2 atom stereocenters. The summed E-state index contributed by atoms with van der Waals surface area (Å²) in [5, 5.41) is 0. The quantitative estimate of drug-likeness (QED) is 0.427. The Kier molecular flexibility index (Phi) is 9.59. The van der Waals surface area contributed by atoms with Crippen molar-refractivity contribution < 1.29 is 0 Å². The van der Waals surface area contributed by atoms with E-state index in [1.165, 1.54) is 83.5 Å². The van der Waals surface area contributed by atoms with Gasteiger partial charge in [-0.2, -0.15) is 0 Å². The Balaban J connectivity index is 1.78. The van der Waals surface area contributed by atoms with Gasteiger partial charge < -0.3 is 5.73 Å². The summed E-state index contributed by atoms with van der Waals surface area (Å²) in [6.07, 6.45) is 18.4. The average Bonchev–Trinajstić information content (AvgIpc) is 3.24. The molecule has 0 saturated heterocycles. The standard InChI is InChI=1S/C18H37N/c1-3-4-5-6-7-8-9-10-11-12-13-18(19)16(2)17-14-15-17/h16-18H,3-15,19H2,1-2H3. The van der Waals surface area contributed by atoms with E-state index in [0.29, 0.717) is 6.04 Å². The topological polar surface area (TPSA) is 26.0 Å². The minimum Gasteiger partial charge on any atom is -0.327 e. The van der Waals surface area contributed by atoms with Gasteiger partial charge in [-0.1, -0.05) is 78.1 Å². The SMILES string of the molecule is CCCCCCCCCCCCC(N)C(C)C1CC1. The Labute approximate surface area is 121 Å². The molecule has 1 heteroatoms. The maximum absolute atomic E-state index is 6.27. The molecule has 1 nitrogen and oxygen atoms in total. The van der Waals surface area contributed by atoms with Crippen molar-refractivity contribution in [3.8, 4) is 0 Å². The third-order valence-corrected chi connectivity index (χ3v) is 4.93. The summed E-state index contributed by atoms with van der Waals surface area (Å²) >= 11 is 0. The minimum absolute atomic E-state index is 0.474. The highest BCUT2D eigenvalue weighted by Crippen LogP contribution is 2.38. The largest absolute Gasteiger partial charge is 0.327 e. The highest BCUT2D eigenvalue weighted by Gasteiger charge is 2.31. The third kappa shape index (κ3) is 8.68. The molecule has 1 fully saturated rings. The van der Waals surface area contributed by atoms with Gasteiger partial charge in [-0.25, -0.2) is 0 Å². The van der Waals surface area contributed by atoms with Gasteiger partial charge in [-0.05, 0) is 31.1 Å². The van der Waals surface area contributed by atoms with Crippen LogP contribution in [0, 0.1) is 11.8 Å². The van der Waals surface area contributed by atoms with Crippen molar-refractivity contribution in [1.29, 1.82) is 0 Å². The second kappa shape index (κ2) is 10.7. The molecule has 0 aromatic heterocycles. The van der Waals surface area contributed by atoms with Crippen LogP contribution in [0.5, 0.6) is 0 Å². The molecule has 2 N–H and O–H groups in total. The van der Waals surface area contributed by atoms with Crippen LogP contribution in [0.2, 0.25) is 0 Å². The van der Waals surface area contributed by atoms with Crippen molar-refractivity contribution >= 4 is 0 Å². The van der Waals surface area contributed by atoms with Gasteiger partial charge >= 0.3 is 0 Å². The molecule has 19 heavy (non-hydrogen) atoms. The van der Waals surface area contributed by atoms with Gasteiger partial charge in [0.05, 0.1) is 0 Å². The fraction of sp³-hybridized carbons (Fsp3) is 1.00. The minimum atomic E-state index is 0.474. The summed E-state index contributed by atoms with van der Waals surface area (Å²) in [5.74, 6) is 1.75. The van der Waals surface area contributed by atoms with E-state index in [2.05, 4.69) is 13.8 Å². The second-order valence-corrected chi connectivity index (χ2v) is 6.83. The van der Waals surface area contributed by atoms with Crippen LogP contribution in [-0.2, 0) is 0 Å². The first-order chi connectivity index (χ1) is 9.25. The van der Waals surface area contributed by atoms with Crippen LogP contribution in [0.3, 0.4) is 0 Å². The summed E-state index contributed by atoms with van der Waals surface area (Å²) in [7, 11) is 0. The molecule has 0 bridgehead atoms. The molecule has 1 saturated carbocycles. The molecular weight excluding hydrogens is 230 g/mol. The number of nitrogens with two attached hydrogens (primary N) is 1. The third-order valence-electron chi connectivity index (χ3n) is 4.93. The van der Waals surface area contributed by atoms with Crippen LogP contribution < -0.4 is 5.73 Å². The Hall–Kier alpha value is -0.0400. The molecule has 0 amide bonds. The monoisotopic (exact) mass is 267 g/mol. The molecule has 0 heterocycles. The van der Waals surface area contributed by atoms with Crippen LogP contribution >= 0.6 is 0 Å². The highest BCUT2D eigenvalue weighted by molar-refractivity contribution is 4.84. The lowest BCUT2D eigenvalue weighted by molar-refractivity contribution is 0.375. The smallest absolute Gasteiger partial charge is 0.00671 e. The lowest BCUT2D eigenvalue weighted by atomic mass is 9.93. The van der Waals surface area contributed by atoms with E-state index in [-0.39, 0.29) is 0 Å². The van der Waals surface area contributed by atoms with E-state index in [1.54, 1.807) is 0 Å². The van der Waals surface area contributed by atoms with Gasteiger partial charge in [-0.15, -0.1) is 0 Å². The van der Waals surface area contributed by atoms with Crippen LogP contribution in [-0.4, -0.2) is 6.04 Å². The van der Waals surface area contributed by atoms with Crippen LogP contribution in [0.4, 0.5) is 0 Å². The zero-order valence-electron chi connectivity index (χ0n) is 13.5. The zero-order valence-corrected chi connectivity index (χ0v) is 13.5. The van der Waals surface area contributed by atoms with Crippen molar-refractivity contribution in [2.75, 3.05) is 0 Å². The van der Waals surface area contributed by atoms with Gasteiger partial charge in [0.15, 0.2) is 0 Å².